The van der Waals surface area contributed by atoms with Gasteiger partial charge in [-0.2, -0.15) is 0 Å². The topological polar surface area (TPSA) is 35.2 Å². The van der Waals surface area contributed by atoms with Crippen molar-refractivity contribution in [2.45, 2.75) is 13.8 Å². The fourth-order valence-electron chi connectivity index (χ4n) is 1.91. The molecule has 2 rings (SSSR count). The molecule has 1 aromatic rings. The summed E-state index contributed by atoms with van der Waals surface area (Å²) in [6.45, 7) is 5.39. The van der Waals surface area contributed by atoms with Gasteiger partial charge >= 0.3 is 0 Å². The van der Waals surface area contributed by atoms with E-state index in [1.54, 1.807) is 0 Å². The highest BCUT2D eigenvalue weighted by Crippen LogP contribution is 2.33. The first-order valence-corrected chi connectivity index (χ1v) is 4.86. The van der Waals surface area contributed by atoms with Crippen LogP contribution in [0.3, 0.4) is 0 Å². The number of hydrogen-bond donors (Lipinski definition) is 1. The van der Waals surface area contributed by atoms with Crippen LogP contribution in [0.1, 0.15) is 16.7 Å². The summed E-state index contributed by atoms with van der Waals surface area (Å²) in [5.74, 6) is 0.999. The lowest BCUT2D eigenvalue weighted by atomic mass is 9.97. The Morgan fingerprint density at radius 2 is 2.14 bits per heavy atom. The molecule has 2 nitrogen and oxygen atoms in total. The Morgan fingerprint density at radius 3 is 2.86 bits per heavy atom. The van der Waals surface area contributed by atoms with Crippen molar-refractivity contribution in [2.24, 2.45) is 5.73 Å². The van der Waals surface area contributed by atoms with E-state index in [9.17, 15) is 0 Å². The molecule has 1 heterocycles. The number of ether oxygens (including phenoxy) is 1. The summed E-state index contributed by atoms with van der Waals surface area (Å²) < 4.78 is 5.61. The van der Waals surface area contributed by atoms with Gasteiger partial charge in [0.25, 0.3) is 0 Å². The summed E-state index contributed by atoms with van der Waals surface area (Å²) in [4.78, 5) is 0. The molecule has 0 unspecified atom stereocenters. The van der Waals surface area contributed by atoms with Crippen LogP contribution in [0.2, 0.25) is 0 Å². The van der Waals surface area contributed by atoms with Crippen molar-refractivity contribution in [1.29, 1.82) is 0 Å². The van der Waals surface area contributed by atoms with E-state index >= 15 is 0 Å². The summed E-state index contributed by atoms with van der Waals surface area (Å²) >= 11 is 0. The van der Waals surface area contributed by atoms with E-state index in [0.29, 0.717) is 13.2 Å². The van der Waals surface area contributed by atoms with Gasteiger partial charge < -0.3 is 10.5 Å². The lowest BCUT2D eigenvalue weighted by Crippen LogP contribution is -2.12. The van der Waals surface area contributed by atoms with E-state index in [1.165, 1.54) is 16.7 Å². The number of aryl methyl sites for hydroxylation is 2. The third kappa shape index (κ3) is 1.42. The SMILES string of the molecule is Cc1cc(C)c2c(c1)C(CN)=CCO2. The van der Waals surface area contributed by atoms with E-state index in [1.807, 2.05) is 0 Å². The van der Waals surface area contributed by atoms with Crippen LogP contribution in [0.4, 0.5) is 0 Å². The van der Waals surface area contributed by atoms with Crippen LogP contribution in [0, 0.1) is 13.8 Å². The molecule has 2 heteroatoms. The van der Waals surface area contributed by atoms with E-state index in [4.69, 9.17) is 10.5 Å². The number of hydrogen-bond acceptors (Lipinski definition) is 2. The lowest BCUT2D eigenvalue weighted by molar-refractivity contribution is 0.354. The van der Waals surface area contributed by atoms with Crippen molar-refractivity contribution in [3.05, 3.63) is 34.9 Å². The van der Waals surface area contributed by atoms with Gasteiger partial charge in [-0.3, -0.25) is 0 Å². The Labute approximate surface area is 84.4 Å². The molecule has 0 aliphatic carbocycles. The van der Waals surface area contributed by atoms with Gasteiger partial charge in [0.15, 0.2) is 0 Å². The van der Waals surface area contributed by atoms with Gasteiger partial charge in [0, 0.05) is 12.1 Å². The maximum atomic E-state index is 5.69. The summed E-state index contributed by atoms with van der Waals surface area (Å²) in [7, 11) is 0. The second kappa shape index (κ2) is 3.46. The standard InChI is InChI=1S/C12H15NO/c1-8-5-9(2)12-11(6-8)10(7-13)3-4-14-12/h3,5-6H,4,7,13H2,1-2H3. The molecule has 0 aromatic heterocycles. The van der Waals surface area contributed by atoms with Gasteiger partial charge in [0.2, 0.25) is 0 Å². The minimum atomic E-state index is 0.583. The van der Waals surface area contributed by atoms with Crippen LogP contribution < -0.4 is 10.5 Å². The zero-order valence-corrected chi connectivity index (χ0v) is 8.63. The zero-order chi connectivity index (χ0) is 10.1. The van der Waals surface area contributed by atoms with Crippen molar-refractivity contribution in [1.82, 2.24) is 0 Å². The van der Waals surface area contributed by atoms with Gasteiger partial charge in [0.1, 0.15) is 12.4 Å². The third-order valence-electron chi connectivity index (χ3n) is 2.54. The molecule has 1 aliphatic heterocycles. The molecule has 0 spiro atoms. The highest BCUT2D eigenvalue weighted by atomic mass is 16.5. The van der Waals surface area contributed by atoms with E-state index in [0.717, 1.165) is 11.3 Å². The second-order valence-corrected chi connectivity index (χ2v) is 3.70. The summed E-state index contributed by atoms with van der Waals surface area (Å²) in [6.07, 6.45) is 2.06. The van der Waals surface area contributed by atoms with Crippen molar-refractivity contribution in [3.63, 3.8) is 0 Å². The first-order chi connectivity index (χ1) is 6.72. The molecule has 0 amide bonds. The van der Waals surface area contributed by atoms with Gasteiger partial charge in [-0.1, -0.05) is 6.07 Å². The minimum Gasteiger partial charge on any atom is -0.489 e. The Kier molecular flexibility index (Phi) is 2.30. The highest BCUT2D eigenvalue weighted by Gasteiger charge is 2.14. The molecule has 1 aliphatic rings. The molecule has 0 bridgehead atoms. The smallest absolute Gasteiger partial charge is 0.130 e. The maximum Gasteiger partial charge on any atom is 0.130 e. The van der Waals surface area contributed by atoms with E-state index in [2.05, 4.69) is 32.1 Å². The summed E-state index contributed by atoms with van der Waals surface area (Å²) in [5.41, 5.74) is 10.5. The fourth-order valence-corrected chi connectivity index (χ4v) is 1.91. The number of fused-ring (bicyclic) bond motifs is 1. The van der Waals surface area contributed by atoms with Crippen molar-refractivity contribution in [3.8, 4) is 5.75 Å². The predicted molar refractivity (Wildman–Crippen MR) is 58.4 cm³/mol. The number of benzene rings is 1. The zero-order valence-electron chi connectivity index (χ0n) is 8.63. The van der Waals surface area contributed by atoms with Gasteiger partial charge in [-0.05, 0) is 42.7 Å². The van der Waals surface area contributed by atoms with Crippen LogP contribution in [0.5, 0.6) is 5.75 Å². The molecule has 74 valence electrons. The van der Waals surface area contributed by atoms with E-state index in [-0.39, 0.29) is 0 Å². The first-order valence-electron chi connectivity index (χ1n) is 4.86. The largest absolute Gasteiger partial charge is 0.489 e. The molecule has 0 atom stereocenters. The van der Waals surface area contributed by atoms with Crippen LogP contribution in [0.25, 0.3) is 5.57 Å². The van der Waals surface area contributed by atoms with Crippen molar-refractivity contribution >= 4 is 5.57 Å². The van der Waals surface area contributed by atoms with Crippen LogP contribution in [-0.4, -0.2) is 13.2 Å². The molecule has 1 aromatic carbocycles. The molecule has 0 saturated heterocycles. The molecular formula is C12H15NO. The highest BCUT2D eigenvalue weighted by molar-refractivity contribution is 5.75. The van der Waals surface area contributed by atoms with Gasteiger partial charge in [0.05, 0.1) is 0 Å². The molecule has 14 heavy (non-hydrogen) atoms. The quantitative estimate of drug-likeness (QED) is 0.733. The van der Waals surface area contributed by atoms with Gasteiger partial charge in [-0.25, -0.2) is 0 Å². The van der Waals surface area contributed by atoms with Crippen molar-refractivity contribution in [2.75, 3.05) is 13.2 Å². The molecule has 0 fully saturated rings. The number of rotatable bonds is 1. The fraction of sp³-hybridized carbons (Fsp3) is 0.333. The van der Waals surface area contributed by atoms with Crippen LogP contribution >= 0.6 is 0 Å². The average Bonchev–Trinajstić information content (AvgIpc) is 2.17. The van der Waals surface area contributed by atoms with Crippen LogP contribution in [-0.2, 0) is 0 Å². The van der Waals surface area contributed by atoms with Crippen molar-refractivity contribution < 1.29 is 4.74 Å². The summed E-state index contributed by atoms with van der Waals surface area (Å²) in [5, 5.41) is 0. The van der Waals surface area contributed by atoms with Crippen LogP contribution in [0.15, 0.2) is 18.2 Å². The monoisotopic (exact) mass is 189 g/mol. The summed E-state index contributed by atoms with van der Waals surface area (Å²) in [6, 6.07) is 4.28. The lowest BCUT2D eigenvalue weighted by Gasteiger charge is -2.20. The number of nitrogens with two attached hydrogens (primary N) is 1. The van der Waals surface area contributed by atoms with E-state index < -0.39 is 0 Å². The normalized spacial score (nSPS) is 14.4. The Hall–Kier alpha value is -1.28. The second-order valence-electron chi connectivity index (χ2n) is 3.70. The molecular weight excluding hydrogens is 174 g/mol. The third-order valence-corrected chi connectivity index (χ3v) is 2.54. The first kappa shape index (κ1) is 9.28. The molecule has 0 saturated carbocycles. The predicted octanol–water partition coefficient (Wildman–Crippen LogP) is 2.04. The molecule has 2 N–H and O–H groups in total. The Bertz CT molecular complexity index is 394. The average molecular weight is 189 g/mol. The Morgan fingerprint density at radius 1 is 1.36 bits per heavy atom. The minimum absolute atomic E-state index is 0.583. The van der Waals surface area contributed by atoms with Gasteiger partial charge in [-0.15, -0.1) is 0 Å². The molecule has 0 radical (unpaired) electrons. The Balaban J connectivity index is 2.60. The maximum absolute atomic E-state index is 5.69.